The zero-order valence-electron chi connectivity index (χ0n) is 11.0. The van der Waals surface area contributed by atoms with Gasteiger partial charge in [0.1, 0.15) is 18.0 Å². The van der Waals surface area contributed by atoms with Crippen LogP contribution in [0, 0.1) is 6.92 Å². The van der Waals surface area contributed by atoms with Gasteiger partial charge in [-0.25, -0.2) is 9.97 Å². The number of hydrogen-bond acceptors (Lipinski definition) is 5. The van der Waals surface area contributed by atoms with Gasteiger partial charge in [-0.05, 0) is 19.1 Å². The van der Waals surface area contributed by atoms with Gasteiger partial charge in [0.2, 0.25) is 0 Å². The number of para-hydroxylation sites is 1. The quantitative estimate of drug-likeness (QED) is 0.820. The van der Waals surface area contributed by atoms with Crippen LogP contribution in [0.2, 0.25) is 0 Å². The van der Waals surface area contributed by atoms with E-state index in [9.17, 15) is 8.78 Å². The lowest BCUT2D eigenvalue weighted by Crippen LogP contribution is -2.03. The van der Waals surface area contributed by atoms with E-state index in [2.05, 4.69) is 20.6 Å². The molecule has 0 fully saturated rings. The molecule has 0 saturated heterocycles. The molecule has 2 N–H and O–H groups in total. The van der Waals surface area contributed by atoms with Gasteiger partial charge in [0.25, 0.3) is 5.76 Å². The molecule has 0 aliphatic rings. The highest BCUT2D eigenvalue weighted by atomic mass is 32.2. The minimum Gasteiger partial charge on any atom is -0.373 e. The van der Waals surface area contributed by atoms with E-state index in [0.717, 1.165) is 5.56 Å². The summed E-state index contributed by atoms with van der Waals surface area (Å²) in [4.78, 5) is 8.70. The first-order valence-electron chi connectivity index (χ1n) is 5.92. The van der Waals surface area contributed by atoms with Crippen molar-refractivity contribution in [2.24, 2.45) is 0 Å². The molecule has 0 aliphatic heterocycles. The van der Waals surface area contributed by atoms with E-state index in [1.54, 1.807) is 31.3 Å². The molecular formula is C13H14F2N4S. The molecule has 1 heterocycles. The molecule has 7 heteroatoms. The van der Waals surface area contributed by atoms with Gasteiger partial charge < -0.3 is 10.6 Å². The van der Waals surface area contributed by atoms with Crippen LogP contribution in [-0.4, -0.2) is 22.8 Å². The number of halogens is 2. The maximum Gasteiger partial charge on any atom is 0.288 e. The van der Waals surface area contributed by atoms with Crippen molar-refractivity contribution in [1.29, 1.82) is 0 Å². The number of hydrogen-bond donors (Lipinski definition) is 2. The standard InChI is InChI=1S/C13H14F2N4S/c1-8-11(16-2)17-7-18-12(8)19-9-5-3-4-6-10(9)20-13(14)15/h3-7,13H,1-2H3,(H2,16,17,18,19). The molecule has 0 amide bonds. The van der Waals surface area contributed by atoms with Crippen LogP contribution in [0.4, 0.5) is 26.1 Å². The van der Waals surface area contributed by atoms with Crippen LogP contribution in [0.3, 0.4) is 0 Å². The lowest BCUT2D eigenvalue weighted by atomic mass is 10.2. The predicted molar refractivity (Wildman–Crippen MR) is 77.9 cm³/mol. The van der Waals surface area contributed by atoms with Crippen molar-refractivity contribution in [2.45, 2.75) is 17.6 Å². The van der Waals surface area contributed by atoms with Gasteiger partial charge in [0, 0.05) is 17.5 Å². The molecule has 0 saturated carbocycles. The third kappa shape index (κ3) is 3.36. The molecule has 0 aliphatic carbocycles. The van der Waals surface area contributed by atoms with Gasteiger partial charge in [-0.15, -0.1) is 0 Å². The van der Waals surface area contributed by atoms with Crippen LogP contribution in [0.25, 0.3) is 0 Å². The van der Waals surface area contributed by atoms with Crippen molar-refractivity contribution in [3.63, 3.8) is 0 Å². The number of alkyl halides is 2. The maximum absolute atomic E-state index is 12.5. The number of aromatic nitrogens is 2. The normalized spacial score (nSPS) is 10.7. The molecule has 106 valence electrons. The van der Waals surface area contributed by atoms with Crippen molar-refractivity contribution < 1.29 is 8.78 Å². The molecule has 0 bridgehead atoms. The van der Waals surface area contributed by atoms with E-state index < -0.39 is 5.76 Å². The fourth-order valence-electron chi connectivity index (χ4n) is 1.72. The van der Waals surface area contributed by atoms with Gasteiger partial charge in [0.15, 0.2) is 0 Å². The minimum atomic E-state index is -2.46. The second-order valence-corrected chi connectivity index (χ2v) is 4.98. The number of rotatable bonds is 5. The molecular weight excluding hydrogens is 282 g/mol. The fraction of sp³-hybridized carbons (Fsp3) is 0.231. The summed E-state index contributed by atoms with van der Waals surface area (Å²) >= 11 is 0.505. The predicted octanol–water partition coefficient (Wildman–Crippen LogP) is 3.89. The summed E-state index contributed by atoms with van der Waals surface area (Å²) in [6.07, 6.45) is 1.42. The number of anilines is 3. The van der Waals surface area contributed by atoms with Crippen molar-refractivity contribution in [1.82, 2.24) is 9.97 Å². The van der Waals surface area contributed by atoms with Crippen molar-refractivity contribution in [2.75, 3.05) is 17.7 Å². The van der Waals surface area contributed by atoms with Crippen LogP contribution in [0.1, 0.15) is 5.56 Å². The van der Waals surface area contributed by atoms with Crippen molar-refractivity contribution >= 4 is 29.1 Å². The van der Waals surface area contributed by atoms with E-state index in [1.807, 2.05) is 6.92 Å². The van der Waals surface area contributed by atoms with E-state index >= 15 is 0 Å². The molecule has 2 aromatic rings. The van der Waals surface area contributed by atoms with Gasteiger partial charge >= 0.3 is 0 Å². The zero-order chi connectivity index (χ0) is 14.5. The molecule has 0 spiro atoms. The Morgan fingerprint density at radius 3 is 2.55 bits per heavy atom. The van der Waals surface area contributed by atoms with E-state index in [0.29, 0.717) is 34.0 Å². The van der Waals surface area contributed by atoms with Crippen molar-refractivity contribution in [3.05, 3.63) is 36.2 Å². The number of thioether (sulfide) groups is 1. The largest absolute Gasteiger partial charge is 0.373 e. The van der Waals surface area contributed by atoms with E-state index in [-0.39, 0.29) is 0 Å². The molecule has 20 heavy (non-hydrogen) atoms. The molecule has 1 aromatic heterocycles. The topological polar surface area (TPSA) is 49.8 Å². The monoisotopic (exact) mass is 296 g/mol. The maximum atomic E-state index is 12.5. The summed E-state index contributed by atoms with van der Waals surface area (Å²) in [5, 5.41) is 6.03. The Bertz CT molecular complexity index is 592. The van der Waals surface area contributed by atoms with Gasteiger partial charge in [-0.3, -0.25) is 0 Å². The molecule has 0 unspecified atom stereocenters. The Hall–Kier alpha value is -1.89. The molecule has 4 nitrogen and oxygen atoms in total. The van der Waals surface area contributed by atoms with E-state index in [1.165, 1.54) is 6.33 Å². The van der Waals surface area contributed by atoms with Gasteiger partial charge in [-0.1, -0.05) is 23.9 Å². The highest BCUT2D eigenvalue weighted by molar-refractivity contribution is 7.99. The highest BCUT2D eigenvalue weighted by Gasteiger charge is 2.12. The first-order chi connectivity index (χ1) is 9.61. The number of nitrogens with zero attached hydrogens (tertiary/aromatic N) is 2. The third-order valence-corrected chi connectivity index (χ3v) is 3.47. The average molecular weight is 296 g/mol. The zero-order valence-corrected chi connectivity index (χ0v) is 11.8. The number of nitrogens with one attached hydrogen (secondary N) is 2. The second-order valence-electron chi connectivity index (χ2n) is 3.95. The Balaban J connectivity index is 2.30. The van der Waals surface area contributed by atoms with Crippen LogP contribution in [0.15, 0.2) is 35.5 Å². The first kappa shape index (κ1) is 14.5. The second kappa shape index (κ2) is 6.51. The minimum absolute atomic E-state index is 0.478. The van der Waals surface area contributed by atoms with Crippen LogP contribution < -0.4 is 10.6 Å². The Morgan fingerprint density at radius 1 is 1.15 bits per heavy atom. The SMILES string of the molecule is CNc1ncnc(Nc2ccccc2SC(F)F)c1C. The van der Waals surface area contributed by atoms with Crippen LogP contribution in [-0.2, 0) is 0 Å². The summed E-state index contributed by atoms with van der Waals surface area (Å²) in [5.74, 6) is -1.18. The number of benzene rings is 1. The Kier molecular flexibility index (Phi) is 4.73. The fourth-order valence-corrected chi connectivity index (χ4v) is 2.32. The summed E-state index contributed by atoms with van der Waals surface area (Å²) in [6, 6.07) is 6.90. The van der Waals surface area contributed by atoms with Crippen LogP contribution >= 0.6 is 11.8 Å². The molecule has 1 aromatic carbocycles. The van der Waals surface area contributed by atoms with Crippen molar-refractivity contribution in [3.8, 4) is 0 Å². The summed E-state index contributed by atoms with van der Waals surface area (Å²) in [5.41, 5.74) is 1.42. The van der Waals surface area contributed by atoms with Crippen LogP contribution in [0.5, 0.6) is 0 Å². The lowest BCUT2D eigenvalue weighted by Gasteiger charge is -2.13. The first-order valence-corrected chi connectivity index (χ1v) is 6.80. The average Bonchev–Trinajstić information content (AvgIpc) is 2.42. The van der Waals surface area contributed by atoms with Gasteiger partial charge in [-0.2, -0.15) is 8.78 Å². The summed E-state index contributed by atoms with van der Waals surface area (Å²) < 4.78 is 25.1. The van der Waals surface area contributed by atoms with Gasteiger partial charge in [0.05, 0.1) is 5.69 Å². The summed E-state index contributed by atoms with van der Waals surface area (Å²) in [6.45, 7) is 1.86. The lowest BCUT2D eigenvalue weighted by molar-refractivity contribution is 0.252. The Morgan fingerprint density at radius 2 is 1.85 bits per heavy atom. The molecule has 2 rings (SSSR count). The highest BCUT2D eigenvalue weighted by Crippen LogP contribution is 2.33. The van der Waals surface area contributed by atoms with E-state index in [4.69, 9.17) is 0 Å². The summed E-state index contributed by atoms with van der Waals surface area (Å²) in [7, 11) is 1.76. The molecule has 0 radical (unpaired) electrons. The smallest absolute Gasteiger partial charge is 0.288 e. The third-order valence-electron chi connectivity index (χ3n) is 2.68. The Labute approximate surface area is 120 Å². The molecule has 0 atom stereocenters.